The first-order chi connectivity index (χ1) is 7.65. The number of nitrogens with one attached hydrogen (secondary N) is 1. The summed E-state index contributed by atoms with van der Waals surface area (Å²) < 4.78 is 0. The number of hydrogen-bond acceptors (Lipinski definition) is 2. The van der Waals surface area contributed by atoms with Gasteiger partial charge >= 0.3 is 6.03 Å². The van der Waals surface area contributed by atoms with E-state index in [2.05, 4.69) is 5.32 Å². The minimum atomic E-state index is -0.113. The molecule has 0 spiro atoms. The molecular formula is C11H21N3O2. The minimum Gasteiger partial charge on any atom is -0.345 e. The molecule has 5 heteroatoms. The van der Waals surface area contributed by atoms with E-state index in [1.54, 1.807) is 16.8 Å². The number of hydrogen-bond donors (Lipinski definition) is 1. The van der Waals surface area contributed by atoms with Crippen molar-refractivity contribution < 1.29 is 9.59 Å². The first kappa shape index (κ1) is 12.8. The molecule has 0 unspecified atom stereocenters. The maximum atomic E-state index is 11.7. The van der Waals surface area contributed by atoms with Crippen molar-refractivity contribution in [3.63, 3.8) is 0 Å². The van der Waals surface area contributed by atoms with Crippen LogP contribution in [0.5, 0.6) is 0 Å². The summed E-state index contributed by atoms with van der Waals surface area (Å²) in [7, 11) is 1.73. The quantitative estimate of drug-likeness (QED) is 0.770. The monoisotopic (exact) mass is 227 g/mol. The number of piperidine rings is 1. The third kappa shape index (κ3) is 3.72. The van der Waals surface area contributed by atoms with E-state index in [1.165, 1.54) is 6.42 Å². The van der Waals surface area contributed by atoms with Crippen LogP contribution in [0.2, 0.25) is 0 Å². The van der Waals surface area contributed by atoms with Crippen molar-refractivity contribution in [3.05, 3.63) is 0 Å². The third-order valence-corrected chi connectivity index (χ3v) is 2.93. The zero-order valence-corrected chi connectivity index (χ0v) is 10.2. The van der Waals surface area contributed by atoms with Crippen LogP contribution in [0, 0.1) is 0 Å². The molecule has 1 fully saturated rings. The van der Waals surface area contributed by atoms with Crippen molar-refractivity contribution in [3.8, 4) is 0 Å². The average Bonchev–Trinajstić information content (AvgIpc) is 2.35. The Bertz CT molecular complexity index is 250. The van der Waals surface area contributed by atoms with Gasteiger partial charge in [0.25, 0.3) is 0 Å². The van der Waals surface area contributed by atoms with Gasteiger partial charge < -0.3 is 15.1 Å². The van der Waals surface area contributed by atoms with Gasteiger partial charge in [0.1, 0.15) is 0 Å². The number of urea groups is 1. The molecule has 1 aliphatic rings. The van der Waals surface area contributed by atoms with Crippen LogP contribution in [0.25, 0.3) is 0 Å². The molecule has 16 heavy (non-hydrogen) atoms. The zero-order chi connectivity index (χ0) is 12.0. The van der Waals surface area contributed by atoms with Gasteiger partial charge in [-0.05, 0) is 26.2 Å². The van der Waals surface area contributed by atoms with Crippen LogP contribution in [-0.2, 0) is 4.79 Å². The number of carbonyl (C=O) groups excluding carboxylic acids is 2. The Hall–Kier alpha value is -1.26. The summed E-state index contributed by atoms with van der Waals surface area (Å²) in [4.78, 5) is 26.5. The summed E-state index contributed by atoms with van der Waals surface area (Å²) in [5.41, 5.74) is 0. The lowest BCUT2D eigenvalue weighted by Gasteiger charge is -2.27. The van der Waals surface area contributed by atoms with Crippen LogP contribution in [0.15, 0.2) is 0 Å². The second kappa shape index (κ2) is 6.35. The van der Waals surface area contributed by atoms with E-state index < -0.39 is 0 Å². The Labute approximate surface area is 96.8 Å². The number of carbonyl (C=O) groups is 2. The van der Waals surface area contributed by atoms with Gasteiger partial charge in [0.05, 0.1) is 6.54 Å². The predicted molar refractivity (Wildman–Crippen MR) is 62.1 cm³/mol. The van der Waals surface area contributed by atoms with Gasteiger partial charge in [-0.1, -0.05) is 0 Å². The molecule has 0 saturated carbocycles. The molecule has 3 amide bonds. The van der Waals surface area contributed by atoms with E-state index >= 15 is 0 Å². The molecule has 0 aliphatic carbocycles. The highest BCUT2D eigenvalue weighted by molar-refractivity contribution is 5.83. The van der Waals surface area contributed by atoms with Gasteiger partial charge in [-0.15, -0.1) is 0 Å². The lowest BCUT2D eigenvalue weighted by molar-refractivity contribution is -0.128. The van der Waals surface area contributed by atoms with Crippen molar-refractivity contribution in [2.75, 3.05) is 33.2 Å². The SMILES string of the molecule is CCN(C)C(=O)CNC(=O)N1CCCCC1. The highest BCUT2D eigenvalue weighted by Gasteiger charge is 2.17. The normalized spacial score (nSPS) is 15.8. The van der Waals surface area contributed by atoms with Gasteiger partial charge in [-0.3, -0.25) is 4.79 Å². The largest absolute Gasteiger partial charge is 0.345 e. The average molecular weight is 227 g/mol. The smallest absolute Gasteiger partial charge is 0.317 e. The van der Waals surface area contributed by atoms with Crippen molar-refractivity contribution in [1.82, 2.24) is 15.1 Å². The highest BCUT2D eigenvalue weighted by Crippen LogP contribution is 2.08. The molecule has 1 saturated heterocycles. The molecule has 1 rings (SSSR count). The maximum Gasteiger partial charge on any atom is 0.317 e. The van der Waals surface area contributed by atoms with Crippen molar-refractivity contribution >= 4 is 11.9 Å². The van der Waals surface area contributed by atoms with Crippen LogP contribution < -0.4 is 5.32 Å². The first-order valence-corrected chi connectivity index (χ1v) is 5.92. The topological polar surface area (TPSA) is 52.7 Å². The van der Waals surface area contributed by atoms with Gasteiger partial charge in [0.15, 0.2) is 0 Å². The first-order valence-electron chi connectivity index (χ1n) is 5.92. The summed E-state index contributed by atoms with van der Waals surface area (Å²) in [5.74, 6) is -0.0483. The van der Waals surface area contributed by atoms with Gasteiger partial charge in [0.2, 0.25) is 5.91 Å². The summed E-state index contributed by atoms with van der Waals surface area (Å²) in [6.07, 6.45) is 3.33. The van der Waals surface area contributed by atoms with Crippen molar-refractivity contribution in [2.45, 2.75) is 26.2 Å². The molecule has 1 heterocycles. The van der Waals surface area contributed by atoms with Crippen LogP contribution in [0.1, 0.15) is 26.2 Å². The molecule has 92 valence electrons. The molecule has 5 nitrogen and oxygen atoms in total. The fourth-order valence-corrected chi connectivity index (χ4v) is 1.67. The minimum absolute atomic E-state index is 0.0483. The standard InChI is InChI=1S/C11H21N3O2/c1-3-13(2)10(15)9-12-11(16)14-7-5-4-6-8-14/h3-9H2,1-2H3,(H,12,16). The van der Waals surface area contributed by atoms with Crippen LogP contribution in [0.4, 0.5) is 4.79 Å². The van der Waals surface area contributed by atoms with E-state index in [0.29, 0.717) is 6.54 Å². The Morgan fingerprint density at radius 1 is 1.25 bits per heavy atom. The van der Waals surface area contributed by atoms with Gasteiger partial charge in [-0.2, -0.15) is 0 Å². The Balaban J connectivity index is 2.26. The summed E-state index contributed by atoms with van der Waals surface area (Å²) >= 11 is 0. The number of likely N-dealkylation sites (tertiary alicyclic amines) is 1. The molecule has 0 aromatic heterocycles. The fraction of sp³-hybridized carbons (Fsp3) is 0.818. The third-order valence-electron chi connectivity index (χ3n) is 2.93. The van der Waals surface area contributed by atoms with Crippen molar-refractivity contribution in [1.29, 1.82) is 0 Å². The molecule has 0 aromatic rings. The summed E-state index contributed by atoms with van der Waals surface area (Å²) in [6, 6.07) is -0.113. The van der Waals surface area contributed by atoms with Crippen molar-refractivity contribution in [2.24, 2.45) is 0 Å². The van der Waals surface area contributed by atoms with E-state index in [0.717, 1.165) is 25.9 Å². The highest BCUT2D eigenvalue weighted by atomic mass is 16.2. The lowest BCUT2D eigenvalue weighted by Crippen LogP contribution is -2.46. The van der Waals surface area contributed by atoms with Crippen LogP contribution >= 0.6 is 0 Å². The number of rotatable bonds is 3. The van der Waals surface area contributed by atoms with E-state index in [9.17, 15) is 9.59 Å². The molecule has 0 bridgehead atoms. The molecule has 0 aromatic carbocycles. The van der Waals surface area contributed by atoms with E-state index in [-0.39, 0.29) is 18.5 Å². The number of nitrogens with zero attached hydrogens (tertiary/aromatic N) is 2. The van der Waals surface area contributed by atoms with Crippen LogP contribution in [-0.4, -0.2) is 55.0 Å². The second-order valence-electron chi connectivity index (χ2n) is 4.11. The molecular weight excluding hydrogens is 206 g/mol. The van der Waals surface area contributed by atoms with Gasteiger partial charge in [-0.25, -0.2) is 4.79 Å². The van der Waals surface area contributed by atoms with Gasteiger partial charge in [0, 0.05) is 26.7 Å². The van der Waals surface area contributed by atoms with E-state index in [1.807, 2.05) is 6.92 Å². The van der Waals surface area contributed by atoms with Crippen LogP contribution in [0.3, 0.4) is 0 Å². The predicted octanol–water partition coefficient (Wildman–Crippen LogP) is 0.660. The second-order valence-corrected chi connectivity index (χ2v) is 4.11. The number of amides is 3. The molecule has 0 radical (unpaired) electrons. The Morgan fingerprint density at radius 2 is 1.88 bits per heavy atom. The number of likely N-dealkylation sites (N-methyl/N-ethyl adjacent to an activating group) is 1. The lowest BCUT2D eigenvalue weighted by atomic mass is 10.1. The Morgan fingerprint density at radius 3 is 2.44 bits per heavy atom. The fourth-order valence-electron chi connectivity index (χ4n) is 1.67. The Kier molecular flexibility index (Phi) is 5.08. The summed E-state index contributed by atoms with van der Waals surface area (Å²) in [5, 5.41) is 2.66. The zero-order valence-electron chi connectivity index (χ0n) is 10.2. The molecule has 1 N–H and O–H groups in total. The summed E-state index contributed by atoms with van der Waals surface area (Å²) in [6.45, 7) is 4.29. The maximum absolute atomic E-state index is 11.7. The van der Waals surface area contributed by atoms with E-state index in [4.69, 9.17) is 0 Å². The molecule has 1 aliphatic heterocycles. The molecule has 0 atom stereocenters.